The number of ether oxygens (including phenoxy) is 1. The van der Waals surface area contributed by atoms with E-state index in [1.54, 1.807) is 7.11 Å². The molecule has 2 nitrogen and oxygen atoms in total. The van der Waals surface area contributed by atoms with Gasteiger partial charge in [-0.2, -0.15) is 0 Å². The molecular formula is C12H14O2. The molecule has 0 saturated heterocycles. The SMILES string of the molecule is COCc1cccc2c1CC(C)C2=O. The zero-order valence-corrected chi connectivity index (χ0v) is 8.54. The molecule has 1 aliphatic carbocycles. The van der Waals surface area contributed by atoms with Crippen LogP contribution < -0.4 is 0 Å². The second-order valence-corrected chi connectivity index (χ2v) is 3.85. The first kappa shape index (κ1) is 9.41. The fourth-order valence-electron chi connectivity index (χ4n) is 2.06. The van der Waals surface area contributed by atoms with Gasteiger partial charge in [-0.1, -0.05) is 25.1 Å². The zero-order chi connectivity index (χ0) is 10.1. The van der Waals surface area contributed by atoms with Gasteiger partial charge in [-0.15, -0.1) is 0 Å². The third kappa shape index (κ3) is 1.36. The van der Waals surface area contributed by atoms with Gasteiger partial charge in [0.05, 0.1) is 6.61 Å². The summed E-state index contributed by atoms with van der Waals surface area (Å²) in [4.78, 5) is 11.7. The average molecular weight is 190 g/mol. The van der Waals surface area contributed by atoms with Crippen molar-refractivity contribution in [2.75, 3.05) is 7.11 Å². The predicted octanol–water partition coefficient (Wildman–Crippen LogP) is 2.21. The molecule has 0 aromatic heterocycles. The van der Waals surface area contributed by atoms with Crippen LogP contribution >= 0.6 is 0 Å². The zero-order valence-electron chi connectivity index (χ0n) is 8.54. The van der Waals surface area contributed by atoms with E-state index in [-0.39, 0.29) is 11.7 Å². The quantitative estimate of drug-likeness (QED) is 0.714. The molecular weight excluding hydrogens is 176 g/mol. The van der Waals surface area contributed by atoms with E-state index in [9.17, 15) is 4.79 Å². The van der Waals surface area contributed by atoms with Crippen molar-refractivity contribution < 1.29 is 9.53 Å². The molecule has 74 valence electrons. The first-order valence-corrected chi connectivity index (χ1v) is 4.88. The summed E-state index contributed by atoms with van der Waals surface area (Å²) in [6.45, 7) is 2.59. The van der Waals surface area contributed by atoms with E-state index < -0.39 is 0 Å². The fourth-order valence-corrected chi connectivity index (χ4v) is 2.06. The van der Waals surface area contributed by atoms with Gasteiger partial charge < -0.3 is 4.74 Å². The topological polar surface area (TPSA) is 26.3 Å². The molecule has 1 aromatic rings. The van der Waals surface area contributed by atoms with Crippen molar-refractivity contribution in [1.82, 2.24) is 0 Å². The van der Waals surface area contributed by atoms with Gasteiger partial charge in [-0.05, 0) is 17.5 Å². The summed E-state index contributed by atoms with van der Waals surface area (Å²) in [5.74, 6) is 0.418. The molecule has 0 amide bonds. The number of ketones is 1. The van der Waals surface area contributed by atoms with Crippen LogP contribution in [0.15, 0.2) is 18.2 Å². The second-order valence-electron chi connectivity index (χ2n) is 3.85. The third-order valence-corrected chi connectivity index (χ3v) is 2.80. The first-order chi connectivity index (χ1) is 6.74. The van der Waals surface area contributed by atoms with Gasteiger partial charge in [0, 0.05) is 18.6 Å². The predicted molar refractivity (Wildman–Crippen MR) is 54.4 cm³/mol. The Hall–Kier alpha value is -1.15. The first-order valence-electron chi connectivity index (χ1n) is 4.88. The highest BCUT2D eigenvalue weighted by atomic mass is 16.5. The van der Waals surface area contributed by atoms with E-state index in [1.807, 2.05) is 25.1 Å². The number of Topliss-reactive ketones (excluding diaryl/α,β-unsaturated/α-hetero) is 1. The number of rotatable bonds is 2. The molecule has 0 radical (unpaired) electrons. The smallest absolute Gasteiger partial charge is 0.166 e. The Morgan fingerprint density at radius 2 is 2.29 bits per heavy atom. The van der Waals surface area contributed by atoms with Gasteiger partial charge >= 0.3 is 0 Å². The van der Waals surface area contributed by atoms with E-state index in [1.165, 1.54) is 5.56 Å². The Morgan fingerprint density at radius 1 is 1.50 bits per heavy atom. The van der Waals surface area contributed by atoms with Crippen molar-refractivity contribution in [1.29, 1.82) is 0 Å². The maximum atomic E-state index is 11.7. The summed E-state index contributed by atoms with van der Waals surface area (Å²) in [5.41, 5.74) is 3.24. The second kappa shape index (κ2) is 3.54. The van der Waals surface area contributed by atoms with E-state index in [0.717, 1.165) is 17.5 Å². The summed E-state index contributed by atoms with van der Waals surface area (Å²) in [5, 5.41) is 0. The molecule has 0 aliphatic heterocycles. The molecule has 14 heavy (non-hydrogen) atoms. The van der Waals surface area contributed by atoms with Crippen LogP contribution in [0.2, 0.25) is 0 Å². The Balaban J connectivity index is 2.45. The normalized spacial score (nSPS) is 19.9. The van der Waals surface area contributed by atoms with E-state index in [4.69, 9.17) is 4.74 Å². The van der Waals surface area contributed by atoms with Gasteiger partial charge in [-0.25, -0.2) is 0 Å². The van der Waals surface area contributed by atoms with E-state index in [2.05, 4.69) is 0 Å². The summed E-state index contributed by atoms with van der Waals surface area (Å²) < 4.78 is 5.11. The molecule has 1 atom stereocenters. The molecule has 1 aromatic carbocycles. The minimum atomic E-state index is 0.142. The van der Waals surface area contributed by atoms with Crippen molar-refractivity contribution in [2.24, 2.45) is 5.92 Å². The van der Waals surface area contributed by atoms with Crippen LogP contribution in [0, 0.1) is 5.92 Å². The van der Waals surface area contributed by atoms with Crippen molar-refractivity contribution in [2.45, 2.75) is 20.0 Å². The number of hydrogen-bond donors (Lipinski definition) is 0. The van der Waals surface area contributed by atoms with Crippen molar-refractivity contribution >= 4 is 5.78 Å². The maximum Gasteiger partial charge on any atom is 0.166 e. The molecule has 1 aliphatic rings. The number of methoxy groups -OCH3 is 1. The summed E-state index contributed by atoms with van der Waals surface area (Å²) in [6, 6.07) is 5.89. The number of fused-ring (bicyclic) bond motifs is 1. The lowest BCUT2D eigenvalue weighted by molar-refractivity contribution is 0.0946. The largest absolute Gasteiger partial charge is 0.380 e. The van der Waals surface area contributed by atoms with Gasteiger partial charge in [0.25, 0.3) is 0 Å². The van der Waals surface area contributed by atoms with Crippen LogP contribution in [0.3, 0.4) is 0 Å². The molecule has 1 unspecified atom stereocenters. The summed E-state index contributed by atoms with van der Waals surface area (Å²) in [6.07, 6.45) is 0.869. The van der Waals surface area contributed by atoms with Gasteiger partial charge in [-0.3, -0.25) is 4.79 Å². The average Bonchev–Trinajstić information content (AvgIpc) is 2.46. The lowest BCUT2D eigenvalue weighted by atomic mass is 10.0. The van der Waals surface area contributed by atoms with Crippen LogP contribution in [0.1, 0.15) is 28.4 Å². The highest BCUT2D eigenvalue weighted by Gasteiger charge is 2.28. The van der Waals surface area contributed by atoms with Crippen molar-refractivity contribution in [3.05, 3.63) is 34.9 Å². The number of carbonyl (C=O) groups is 1. The highest BCUT2D eigenvalue weighted by molar-refractivity contribution is 6.02. The Morgan fingerprint density at radius 3 is 3.00 bits per heavy atom. The van der Waals surface area contributed by atoms with Crippen LogP contribution in [0.25, 0.3) is 0 Å². The maximum absolute atomic E-state index is 11.7. The standard InChI is InChI=1S/C12H14O2/c1-8-6-11-9(7-14-2)4-3-5-10(11)12(8)13/h3-5,8H,6-7H2,1-2H3. The van der Waals surface area contributed by atoms with Gasteiger partial charge in [0.15, 0.2) is 5.78 Å². The highest BCUT2D eigenvalue weighted by Crippen LogP contribution is 2.29. The lowest BCUT2D eigenvalue weighted by Crippen LogP contribution is -2.02. The molecule has 0 fully saturated rings. The van der Waals surface area contributed by atoms with E-state index >= 15 is 0 Å². The molecule has 0 spiro atoms. The Labute approximate surface area is 83.9 Å². The fraction of sp³-hybridized carbons (Fsp3) is 0.417. The third-order valence-electron chi connectivity index (χ3n) is 2.80. The molecule has 0 heterocycles. The monoisotopic (exact) mass is 190 g/mol. The Bertz CT molecular complexity index is 369. The van der Waals surface area contributed by atoms with Crippen molar-refractivity contribution in [3.63, 3.8) is 0 Å². The van der Waals surface area contributed by atoms with E-state index in [0.29, 0.717) is 6.61 Å². The van der Waals surface area contributed by atoms with Crippen LogP contribution in [0.5, 0.6) is 0 Å². The molecule has 0 N–H and O–H groups in total. The number of hydrogen-bond acceptors (Lipinski definition) is 2. The number of carbonyl (C=O) groups excluding carboxylic acids is 1. The summed E-state index contributed by atoms with van der Waals surface area (Å²) in [7, 11) is 1.68. The van der Waals surface area contributed by atoms with Crippen LogP contribution in [-0.2, 0) is 17.8 Å². The van der Waals surface area contributed by atoms with Gasteiger partial charge in [0.1, 0.15) is 0 Å². The van der Waals surface area contributed by atoms with Crippen LogP contribution in [-0.4, -0.2) is 12.9 Å². The minimum Gasteiger partial charge on any atom is -0.380 e. The Kier molecular flexibility index (Phi) is 2.38. The molecule has 0 saturated carbocycles. The lowest BCUT2D eigenvalue weighted by Gasteiger charge is -2.05. The molecule has 2 heteroatoms. The molecule has 0 bridgehead atoms. The van der Waals surface area contributed by atoms with Crippen LogP contribution in [0.4, 0.5) is 0 Å². The summed E-state index contributed by atoms with van der Waals surface area (Å²) >= 11 is 0. The minimum absolute atomic E-state index is 0.142. The number of benzene rings is 1. The van der Waals surface area contributed by atoms with Crippen molar-refractivity contribution in [3.8, 4) is 0 Å². The molecule has 2 rings (SSSR count). The van der Waals surface area contributed by atoms with Gasteiger partial charge in [0.2, 0.25) is 0 Å².